The van der Waals surface area contributed by atoms with Gasteiger partial charge >= 0.3 is 5.97 Å². The van der Waals surface area contributed by atoms with Crippen molar-refractivity contribution in [3.63, 3.8) is 0 Å². The van der Waals surface area contributed by atoms with E-state index >= 15 is 0 Å². The van der Waals surface area contributed by atoms with E-state index in [1.807, 2.05) is 17.5 Å². The topological polar surface area (TPSA) is 81.4 Å². The molecule has 25 heavy (non-hydrogen) atoms. The van der Waals surface area contributed by atoms with Gasteiger partial charge in [-0.25, -0.2) is 4.79 Å². The first-order valence-corrected chi connectivity index (χ1v) is 8.50. The molecule has 0 aliphatic carbocycles. The number of rotatable bonds is 6. The van der Waals surface area contributed by atoms with Gasteiger partial charge in [0, 0.05) is 19.5 Å². The van der Waals surface area contributed by atoms with Crippen LogP contribution in [0.3, 0.4) is 0 Å². The summed E-state index contributed by atoms with van der Waals surface area (Å²) in [4.78, 5) is 23.9. The van der Waals surface area contributed by atoms with Gasteiger partial charge in [0.05, 0.1) is 10.4 Å². The van der Waals surface area contributed by atoms with E-state index < -0.39 is 5.97 Å². The summed E-state index contributed by atoms with van der Waals surface area (Å²) in [5.41, 5.74) is 1.90. The van der Waals surface area contributed by atoms with E-state index in [9.17, 15) is 9.59 Å². The predicted octanol–water partition coefficient (Wildman–Crippen LogP) is 3.40. The molecule has 1 aromatic carbocycles. The first kappa shape index (κ1) is 16.9. The van der Waals surface area contributed by atoms with E-state index in [1.54, 1.807) is 41.7 Å². The number of carbonyl (C=O) groups is 2. The highest BCUT2D eigenvalue weighted by molar-refractivity contribution is 7.13. The zero-order chi connectivity index (χ0) is 17.6. The SMILES string of the molecule is CC(=O)NCc1ccc(C(=O)OCc2cc(-c3cccs3)on2)cc1. The molecule has 0 radical (unpaired) electrons. The Hall–Kier alpha value is -2.93. The molecule has 3 aromatic rings. The minimum absolute atomic E-state index is 0.0430. The molecule has 6 nitrogen and oxygen atoms in total. The highest BCUT2D eigenvalue weighted by Gasteiger charge is 2.11. The Morgan fingerprint density at radius 3 is 2.72 bits per heavy atom. The number of nitrogens with one attached hydrogen (secondary N) is 1. The second-order valence-corrected chi connectivity index (χ2v) is 6.29. The molecule has 2 aromatic heterocycles. The van der Waals surface area contributed by atoms with Gasteiger partial charge in [-0.3, -0.25) is 4.79 Å². The van der Waals surface area contributed by atoms with E-state index in [0.29, 0.717) is 23.6 Å². The van der Waals surface area contributed by atoms with E-state index in [1.165, 1.54) is 6.92 Å². The van der Waals surface area contributed by atoms with Crippen LogP contribution in [0.2, 0.25) is 0 Å². The van der Waals surface area contributed by atoms with E-state index in [0.717, 1.165) is 10.4 Å². The van der Waals surface area contributed by atoms with E-state index in [4.69, 9.17) is 9.26 Å². The summed E-state index contributed by atoms with van der Waals surface area (Å²) in [7, 11) is 0. The average molecular weight is 356 g/mol. The average Bonchev–Trinajstić information content (AvgIpc) is 3.29. The molecule has 0 aliphatic rings. The molecular formula is C18H16N2O4S. The fourth-order valence-corrected chi connectivity index (χ4v) is 2.80. The number of ether oxygens (including phenoxy) is 1. The number of nitrogens with zero attached hydrogens (tertiary/aromatic N) is 1. The van der Waals surface area contributed by atoms with Crippen molar-refractivity contribution in [2.45, 2.75) is 20.1 Å². The molecular weight excluding hydrogens is 340 g/mol. The van der Waals surface area contributed by atoms with Crippen LogP contribution in [0.25, 0.3) is 10.6 Å². The largest absolute Gasteiger partial charge is 0.455 e. The van der Waals surface area contributed by atoms with Gasteiger partial charge in [-0.2, -0.15) is 0 Å². The smallest absolute Gasteiger partial charge is 0.338 e. The molecule has 1 N–H and O–H groups in total. The first-order valence-electron chi connectivity index (χ1n) is 7.62. The van der Waals surface area contributed by atoms with E-state index in [2.05, 4.69) is 10.5 Å². The summed E-state index contributed by atoms with van der Waals surface area (Å²) in [5, 5.41) is 8.56. The maximum Gasteiger partial charge on any atom is 0.338 e. The van der Waals surface area contributed by atoms with Gasteiger partial charge in [0.2, 0.25) is 5.91 Å². The Morgan fingerprint density at radius 2 is 2.04 bits per heavy atom. The van der Waals surface area contributed by atoms with Gasteiger partial charge in [0.25, 0.3) is 0 Å². The standard InChI is InChI=1S/C18H16N2O4S/c1-12(21)19-10-13-4-6-14(7-5-13)18(22)23-11-15-9-16(24-20-15)17-3-2-8-25-17/h2-9H,10-11H2,1H3,(H,19,21). The quantitative estimate of drug-likeness (QED) is 0.685. The van der Waals surface area contributed by atoms with Gasteiger partial charge < -0.3 is 14.6 Å². The lowest BCUT2D eigenvalue weighted by Crippen LogP contribution is -2.18. The Morgan fingerprint density at radius 1 is 1.24 bits per heavy atom. The highest BCUT2D eigenvalue weighted by atomic mass is 32.1. The van der Waals surface area contributed by atoms with Crippen LogP contribution in [-0.4, -0.2) is 17.0 Å². The van der Waals surface area contributed by atoms with Crippen molar-refractivity contribution in [1.29, 1.82) is 0 Å². The molecule has 7 heteroatoms. The number of hydrogen-bond acceptors (Lipinski definition) is 6. The minimum Gasteiger partial charge on any atom is -0.455 e. The molecule has 0 atom stereocenters. The Kier molecular flexibility index (Phi) is 5.25. The third-order valence-corrected chi connectivity index (χ3v) is 4.29. The molecule has 0 spiro atoms. The third kappa shape index (κ3) is 4.54. The van der Waals surface area contributed by atoms with Crippen LogP contribution in [0.5, 0.6) is 0 Å². The number of hydrogen-bond donors (Lipinski definition) is 1. The summed E-state index contributed by atoms with van der Waals surface area (Å²) < 4.78 is 10.5. The molecule has 128 valence electrons. The zero-order valence-corrected chi connectivity index (χ0v) is 14.3. The number of benzene rings is 1. The number of carbonyl (C=O) groups excluding carboxylic acids is 2. The van der Waals surface area contributed by atoms with Crippen molar-refractivity contribution in [1.82, 2.24) is 10.5 Å². The summed E-state index contributed by atoms with van der Waals surface area (Å²) in [6.07, 6.45) is 0. The van der Waals surface area contributed by atoms with Crippen molar-refractivity contribution in [2.75, 3.05) is 0 Å². The van der Waals surface area contributed by atoms with Crippen molar-refractivity contribution >= 4 is 23.2 Å². The Labute approximate surface area is 148 Å². The maximum absolute atomic E-state index is 12.1. The first-order chi connectivity index (χ1) is 12.1. The van der Waals surface area contributed by atoms with Crippen molar-refractivity contribution in [3.8, 4) is 10.6 Å². The summed E-state index contributed by atoms with van der Waals surface area (Å²) in [5.74, 6) is 0.119. The Balaban J connectivity index is 1.54. The maximum atomic E-state index is 12.1. The minimum atomic E-state index is -0.438. The number of aromatic nitrogens is 1. The molecule has 0 fully saturated rings. The van der Waals surface area contributed by atoms with Crippen LogP contribution in [0.4, 0.5) is 0 Å². The van der Waals surface area contributed by atoms with Crippen LogP contribution in [-0.2, 0) is 22.7 Å². The van der Waals surface area contributed by atoms with E-state index in [-0.39, 0.29) is 12.5 Å². The monoisotopic (exact) mass is 356 g/mol. The predicted molar refractivity (Wildman–Crippen MR) is 92.9 cm³/mol. The lowest BCUT2D eigenvalue weighted by atomic mass is 10.1. The summed E-state index contributed by atoms with van der Waals surface area (Å²) in [6, 6.07) is 12.5. The molecule has 0 bridgehead atoms. The number of thiophene rings is 1. The Bertz CT molecular complexity index is 854. The molecule has 2 heterocycles. The molecule has 0 aliphatic heterocycles. The molecule has 0 unspecified atom stereocenters. The van der Waals surface area contributed by atoms with Crippen LogP contribution >= 0.6 is 11.3 Å². The van der Waals surface area contributed by atoms with Crippen LogP contribution in [0.15, 0.2) is 52.4 Å². The molecule has 0 saturated carbocycles. The highest BCUT2D eigenvalue weighted by Crippen LogP contribution is 2.25. The molecule has 3 rings (SSSR count). The molecule has 0 saturated heterocycles. The number of amides is 1. The van der Waals surface area contributed by atoms with Crippen LogP contribution in [0.1, 0.15) is 28.5 Å². The summed E-state index contributed by atoms with van der Waals surface area (Å²) in [6.45, 7) is 1.93. The lowest BCUT2D eigenvalue weighted by Gasteiger charge is -2.05. The van der Waals surface area contributed by atoms with Gasteiger partial charge in [-0.05, 0) is 29.1 Å². The number of esters is 1. The van der Waals surface area contributed by atoms with Gasteiger partial charge in [-0.15, -0.1) is 11.3 Å². The van der Waals surface area contributed by atoms with Gasteiger partial charge in [-0.1, -0.05) is 23.4 Å². The second-order valence-electron chi connectivity index (χ2n) is 5.34. The fourth-order valence-electron chi connectivity index (χ4n) is 2.12. The van der Waals surface area contributed by atoms with Gasteiger partial charge in [0.1, 0.15) is 12.3 Å². The van der Waals surface area contributed by atoms with Crippen molar-refractivity contribution < 1.29 is 18.8 Å². The van der Waals surface area contributed by atoms with Crippen molar-refractivity contribution in [2.24, 2.45) is 0 Å². The lowest BCUT2D eigenvalue weighted by molar-refractivity contribution is -0.119. The van der Waals surface area contributed by atoms with Gasteiger partial charge in [0.15, 0.2) is 5.76 Å². The van der Waals surface area contributed by atoms with Crippen molar-refractivity contribution in [3.05, 3.63) is 64.7 Å². The summed E-state index contributed by atoms with van der Waals surface area (Å²) >= 11 is 1.55. The third-order valence-electron chi connectivity index (χ3n) is 3.41. The van der Waals surface area contributed by atoms with Crippen LogP contribution < -0.4 is 5.32 Å². The molecule has 1 amide bonds. The second kappa shape index (κ2) is 7.76. The van der Waals surface area contributed by atoms with Crippen LogP contribution in [0, 0.1) is 0 Å². The fraction of sp³-hybridized carbons (Fsp3) is 0.167. The normalized spacial score (nSPS) is 10.4. The zero-order valence-electron chi connectivity index (χ0n) is 13.5.